The van der Waals surface area contributed by atoms with E-state index in [2.05, 4.69) is 9.88 Å². The van der Waals surface area contributed by atoms with Gasteiger partial charge < -0.3 is 0 Å². The Morgan fingerprint density at radius 2 is 1.56 bits per heavy atom. The molecule has 0 fully saturated rings. The summed E-state index contributed by atoms with van der Waals surface area (Å²) in [6, 6.07) is 0. The molecule has 0 aromatic carbocycles. The predicted octanol–water partition coefficient (Wildman–Crippen LogP) is -0.747. The Morgan fingerprint density at radius 3 is 2.11 bits per heavy atom. The Hall–Kier alpha value is 1.04. The van der Waals surface area contributed by atoms with Crippen LogP contribution in [0.1, 0.15) is 0 Å². The summed E-state index contributed by atoms with van der Waals surface area (Å²) in [6.07, 6.45) is 0. The second kappa shape index (κ2) is 2.96. The van der Waals surface area contributed by atoms with Crippen molar-refractivity contribution in [1.82, 2.24) is 0 Å². The fourth-order valence-corrected chi connectivity index (χ4v) is 10.9. The molecular weight excluding hydrogens is 309 g/mol. The van der Waals surface area contributed by atoms with E-state index in [1.54, 1.807) is 8.92 Å². The zero-order valence-electron chi connectivity index (χ0n) is 4.79. The van der Waals surface area contributed by atoms with Gasteiger partial charge in [0.05, 0.1) is 0 Å². The van der Waals surface area contributed by atoms with Crippen LogP contribution in [0, 0.1) is 0 Å². The number of fused-ring (bicyclic) bond motifs is 1. The molecule has 3 heteroatoms. The first-order valence-corrected chi connectivity index (χ1v) is 8.90. The first kappa shape index (κ1) is 6.73. The Morgan fingerprint density at radius 1 is 1.00 bits per heavy atom. The zero-order chi connectivity index (χ0) is 6.10. The Bertz CT molecular complexity index is 183. The van der Waals surface area contributed by atoms with Crippen LogP contribution >= 0.6 is 0 Å². The molecule has 0 atom stereocenters. The van der Waals surface area contributed by atoms with Crippen LogP contribution in [0.5, 0.6) is 0 Å². The van der Waals surface area contributed by atoms with Crippen molar-refractivity contribution in [3.8, 4) is 0 Å². The first-order valence-electron chi connectivity index (χ1n) is 2.78. The number of hydrogen-bond acceptors (Lipinski definition) is 0. The van der Waals surface area contributed by atoms with E-state index in [4.69, 9.17) is 0 Å². The number of hydrogen-bond donors (Lipinski definition) is 0. The van der Waals surface area contributed by atoms with Gasteiger partial charge in [0.25, 0.3) is 0 Å². The van der Waals surface area contributed by atoms with Crippen LogP contribution in [0.4, 0.5) is 0 Å². The van der Waals surface area contributed by atoms with Crippen molar-refractivity contribution in [3.05, 3.63) is 9.88 Å². The van der Waals surface area contributed by atoms with Gasteiger partial charge in [-0.05, 0) is 0 Å². The van der Waals surface area contributed by atoms with Crippen molar-refractivity contribution in [2.75, 3.05) is 0 Å². The van der Waals surface area contributed by atoms with Gasteiger partial charge in [-0.2, -0.15) is 0 Å². The molecule has 0 radical (unpaired) electrons. The topological polar surface area (TPSA) is 0 Å². The molecule has 2 heterocycles. The average molecular weight is 315 g/mol. The van der Waals surface area contributed by atoms with Gasteiger partial charge in [-0.3, -0.25) is 0 Å². The minimum absolute atomic E-state index is 0.762. The second-order valence-electron chi connectivity index (χ2n) is 1.80. The molecule has 1 aromatic rings. The minimum atomic E-state index is 0.762. The van der Waals surface area contributed by atoms with Crippen LogP contribution < -0.4 is 8.92 Å². The monoisotopic (exact) mass is 318 g/mol. The van der Waals surface area contributed by atoms with Crippen LogP contribution in [0.25, 0.3) is 0 Å². The molecule has 0 nitrogen and oxygen atoms in total. The van der Waals surface area contributed by atoms with Gasteiger partial charge in [0.2, 0.25) is 0 Å². The average Bonchev–Trinajstić information content (AvgIpc) is 2.33. The molecule has 1 aliphatic rings. The van der Waals surface area contributed by atoms with Crippen molar-refractivity contribution >= 4 is 53.3 Å². The third-order valence-corrected chi connectivity index (χ3v) is 10.7. The summed E-state index contributed by atoms with van der Waals surface area (Å²) < 4.78 is 3.54. The molecule has 0 saturated heterocycles. The molecule has 1 aliphatic heterocycles. The summed E-state index contributed by atoms with van der Waals surface area (Å²) in [5, 5.41) is 3.04. The molecule has 0 N–H and O–H groups in total. The molecule has 0 unspecified atom stereocenters. The molecule has 2 rings (SSSR count). The van der Waals surface area contributed by atoms with Crippen LogP contribution in [-0.4, -0.2) is 44.4 Å². The van der Waals surface area contributed by atoms with E-state index < -0.39 is 0 Å². The number of rotatable bonds is 0. The fourth-order valence-electron chi connectivity index (χ4n) is 0.787. The van der Waals surface area contributed by atoms with Crippen molar-refractivity contribution in [2.24, 2.45) is 0 Å². The van der Waals surface area contributed by atoms with Gasteiger partial charge in [-0.15, -0.1) is 0 Å². The summed E-state index contributed by atoms with van der Waals surface area (Å²) >= 11 is 2.52. The van der Waals surface area contributed by atoms with E-state index in [-0.39, 0.29) is 0 Å². The van der Waals surface area contributed by atoms with Gasteiger partial charge in [0, 0.05) is 0 Å². The summed E-state index contributed by atoms with van der Waals surface area (Å²) in [7, 11) is 0. The zero-order valence-corrected chi connectivity index (χ0v) is 9.93. The molecule has 0 aliphatic carbocycles. The molecule has 0 saturated carbocycles. The van der Waals surface area contributed by atoms with Gasteiger partial charge in [-0.25, -0.2) is 0 Å². The molecule has 0 spiro atoms. The van der Waals surface area contributed by atoms with Crippen molar-refractivity contribution < 1.29 is 0 Å². The SMILES string of the molecule is c1[se]cc2c1[Se]CC[Se]2. The van der Waals surface area contributed by atoms with E-state index in [1.165, 1.54) is 10.6 Å². The molecule has 48 valence electrons. The van der Waals surface area contributed by atoms with E-state index in [1.807, 2.05) is 0 Å². The second-order valence-corrected chi connectivity index (χ2v) is 8.13. The molecule has 0 amide bonds. The molecule has 0 bridgehead atoms. The fraction of sp³-hybridized carbons (Fsp3) is 0.333. The maximum atomic E-state index is 2.49. The van der Waals surface area contributed by atoms with Gasteiger partial charge in [0.1, 0.15) is 0 Å². The van der Waals surface area contributed by atoms with Crippen LogP contribution in [0.2, 0.25) is 10.6 Å². The third kappa shape index (κ3) is 1.38. The van der Waals surface area contributed by atoms with E-state index in [0.717, 1.165) is 44.4 Å². The summed E-state index contributed by atoms with van der Waals surface area (Å²) in [5.41, 5.74) is 0. The third-order valence-electron chi connectivity index (χ3n) is 1.19. The first-order chi connectivity index (χ1) is 4.47. The van der Waals surface area contributed by atoms with Crippen LogP contribution in [-0.2, 0) is 0 Å². The standard InChI is InChI=1S/C6H6Se3/c1-2-9-6-4-7-3-5(6)8-1/h3-4H,1-2H2. The van der Waals surface area contributed by atoms with Crippen molar-refractivity contribution in [1.29, 1.82) is 0 Å². The van der Waals surface area contributed by atoms with E-state index >= 15 is 0 Å². The van der Waals surface area contributed by atoms with Crippen LogP contribution in [0.3, 0.4) is 0 Å². The Labute approximate surface area is 73.5 Å². The van der Waals surface area contributed by atoms with Gasteiger partial charge in [0.15, 0.2) is 0 Å². The summed E-state index contributed by atoms with van der Waals surface area (Å²) in [4.78, 5) is 4.98. The van der Waals surface area contributed by atoms with E-state index in [0.29, 0.717) is 0 Å². The van der Waals surface area contributed by atoms with Crippen molar-refractivity contribution in [2.45, 2.75) is 10.6 Å². The quantitative estimate of drug-likeness (QED) is 0.553. The van der Waals surface area contributed by atoms with Gasteiger partial charge >= 0.3 is 73.9 Å². The summed E-state index contributed by atoms with van der Waals surface area (Å²) in [6.45, 7) is 0. The van der Waals surface area contributed by atoms with Gasteiger partial charge in [-0.1, -0.05) is 0 Å². The molecule has 1 aromatic heterocycles. The Balaban J connectivity index is 2.39. The summed E-state index contributed by atoms with van der Waals surface area (Å²) in [5.74, 6) is 0. The van der Waals surface area contributed by atoms with Crippen molar-refractivity contribution in [3.63, 3.8) is 0 Å². The molecular formula is C6H6Se3. The van der Waals surface area contributed by atoms with Crippen LogP contribution in [0.15, 0.2) is 9.88 Å². The normalized spacial score (nSPS) is 17.3. The molecule has 9 heavy (non-hydrogen) atoms. The van der Waals surface area contributed by atoms with E-state index in [9.17, 15) is 0 Å². The predicted molar refractivity (Wildman–Crippen MR) is 43.8 cm³/mol. The Kier molecular flexibility index (Phi) is 2.22. The maximum absolute atomic E-state index is 2.49.